The van der Waals surface area contributed by atoms with Crippen LogP contribution in [0.15, 0.2) is 44.9 Å². The summed E-state index contributed by atoms with van der Waals surface area (Å²) in [6.07, 6.45) is 1.49. The first-order valence-electron chi connectivity index (χ1n) is 5.39. The summed E-state index contributed by atoms with van der Waals surface area (Å²) in [5.41, 5.74) is -1.36. The first-order chi connectivity index (χ1) is 9.90. The molecule has 0 spiro atoms. The number of nitro benzene ring substituents is 1. The van der Waals surface area contributed by atoms with Gasteiger partial charge < -0.3 is 5.11 Å². The predicted molar refractivity (Wildman–Crippen MR) is 76.1 cm³/mol. The van der Waals surface area contributed by atoms with Crippen LogP contribution >= 0.6 is 27.7 Å². The van der Waals surface area contributed by atoms with Crippen LogP contribution in [0, 0.1) is 15.9 Å². The van der Waals surface area contributed by atoms with Crippen molar-refractivity contribution in [2.24, 2.45) is 0 Å². The lowest BCUT2D eigenvalue weighted by atomic mass is 10.2. The molecule has 0 bridgehead atoms. The second-order valence-electron chi connectivity index (χ2n) is 3.75. The van der Waals surface area contributed by atoms with E-state index in [9.17, 15) is 19.3 Å². The van der Waals surface area contributed by atoms with Gasteiger partial charge in [-0.2, -0.15) is 0 Å². The molecule has 21 heavy (non-hydrogen) atoms. The van der Waals surface area contributed by atoms with E-state index in [0.717, 1.165) is 17.8 Å². The lowest BCUT2D eigenvalue weighted by molar-refractivity contribution is -0.385. The third kappa shape index (κ3) is 3.37. The van der Waals surface area contributed by atoms with Crippen molar-refractivity contribution in [2.45, 2.75) is 9.92 Å². The summed E-state index contributed by atoms with van der Waals surface area (Å²) >= 11 is 4.11. The van der Waals surface area contributed by atoms with Crippen LogP contribution in [-0.2, 0) is 0 Å². The number of carbonyl (C=O) groups is 1. The van der Waals surface area contributed by atoms with Crippen molar-refractivity contribution in [3.63, 3.8) is 0 Å². The van der Waals surface area contributed by atoms with Crippen molar-refractivity contribution in [3.05, 3.63) is 56.4 Å². The Hall–Kier alpha value is -2.00. The number of benzene rings is 1. The van der Waals surface area contributed by atoms with E-state index in [4.69, 9.17) is 5.11 Å². The molecule has 6 nitrogen and oxygen atoms in total. The molecule has 1 aromatic carbocycles. The van der Waals surface area contributed by atoms with E-state index in [-0.39, 0.29) is 4.90 Å². The molecule has 1 N–H and O–H groups in total. The third-order valence-electron chi connectivity index (χ3n) is 2.41. The topological polar surface area (TPSA) is 93.3 Å². The number of nitrogens with zero attached hydrogens (tertiary/aromatic N) is 2. The van der Waals surface area contributed by atoms with Gasteiger partial charge in [-0.1, -0.05) is 11.8 Å². The highest BCUT2D eigenvalue weighted by Crippen LogP contribution is 2.35. The van der Waals surface area contributed by atoms with Gasteiger partial charge in [0.25, 0.3) is 5.69 Å². The van der Waals surface area contributed by atoms with Gasteiger partial charge in [0.15, 0.2) is 0 Å². The molecule has 9 heteroatoms. The zero-order valence-corrected chi connectivity index (χ0v) is 12.5. The fourth-order valence-electron chi connectivity index (χ4n) is 1.49. The van der Waals surface area contributed by atoms with Gasteiger partial charge in [-0.3, -0.25) is 10.1 Å². The van der Waals surface area contributed by atoms with Crippen molar-refractivity contribution in [1.82, 2.24) is 4.98 Å². The van der Waals surface area contributed by atoms with E-state index in [1.165, 1.54) is 6.20 Å². The zero-order valence-electron chi connectivity index (χ0n) is 10.1. The average molecular weight is 373 g/mol. The van der Waals surface area contributed by atoms with E-state index < -0.39 is 28.0 Å². The minimum atomic E-state index is -1.50. The number of nitro groups is 1. The molecule has 0 saturated carbocycles. The van der Waals surface area contributed by atoms with E-state index in [2.05, 4.69) is 20.9 Å². The van der Waals surface area contributed by atoms with Crippen LogP contribution < -0.4 is 0 Å². The van der Waals surface area contributed by atoms with Crippen molar-refractivity contribution in [2.75, 3.05) is 0 Å². The summed E-state index contributed by atoms with van der Waals surface area (Å²) in [6.45, 7) is 0. The Balaban J connectivity index is 2.50. The first kappa shape index (κ1) is 15.4. The Morgan fingerprint density at radius 2 is 2.19 bits per heavy atom. The molecular weight excluding hydrogens is 367 g/mol. The summed E-state index contributed by atoms with van der Waals surface area (Å²) in [5.74, 6) is -2.38. The molecule has 2 aromatic rings. The fourth-order valence-corrected chi connectivity index (χ4v) is 2.81. The van der Waals surface area contributed by atoms with E-state index >= 15 is 0 Å². The number of rotatable bonds is 4. The van der Waals surface area contributed by atoms with Gasteiger partial charge in [-0.25, -0.2) is 14.2 Å². The fraction of sp³-hybridized carbons (Fsp3) is 0. The van der Waals surface area contributed by atoms with E-state index in [0.29, 0.717) is 15.6 Å². The minimum absolute atomic E-state index is 0.0580. The summed E-state index contributed by atoms with van der Waals surface area (Å²) in [7, 11) is 0. The highest BCUT2D eigenvalue weighted by molar-refractivity contribution is 9.10. The second kappa shape index (κ2) is 6.19. The Morgan fingerprint density at radius 1 is 1.48 bits per heavy atom. The smallest absolute Gasteiger partial charge is 0.342 e. The molecule has 0 saturated heterocycles. The molecule has 1 aromatic heterocycles. The van der Waals surface area contributed by atoms with Crippen molar-refractivity contribution < 1.29 is 19.2 Å². The van der Waals surface area contributed by atoms with Gasteiger partial charge in [0.05, 0.1) is 20.4 Å². The molecule has 0 radical (unpaired) electrons. The normalized spacial score (nSPS) is 10.4. The predicted octanol–water partition coefficient (Wildman–Crippen LogP) is 3.74. The number of hydrogen-bond acceptors (Lipinski definition) is 5. The van der Waals surface area contributed by atoms with Gasteiger partial charge in [0, 0.05) is 6.20 Å². The minimum Gasteiger partial charge on any atom is -0.477 e. The number of carboxylic acids is 1. The molecule has 0 aliphatic carbocycles. The van der Waals surface area contributed by atoms with Gasteiger partial charge >= 0.3 is 5.97 Å². The Bertz CT molecular complexity index is 741. The van der Waals surface area contributed by atoms with Crippen LogP contribution in [0.5, 0.6) is 0 Å². The van der Waals surface area contributed by atoms with Gasteiger partial charge in [0.2, 0.25) is 0 Å². The standard InChI is InChI=1S/C12H6BrFN2O4S/c13-7-2-1-3-15-11(7)21-10-4-6(12(17)18)9(16(19)20)5-8(10)14/h1-5H,(H,17,18). The summed E-state index contributed by atoms with van der Waals surface area (Å²) < 4.78 is 14.5. The molecular formula is C12H6BrFN2O4S. The zero-order chi connectivity index (χ0) is 15.6. The highest BCUT2D eigenvalue weighted by Gasteiger charge is 2.24. The van der Waals surface area contributed by atoms with Crippen LogP contribution in [0.3, 0.4) is 0 Å². The van der Waals surface area contributed by atoms with Crippen molar-refractivity contribution >= 4 is 39.3 Å². The highest BCUT2D eigenvalue weighted by atomic mass is 79.9. The summed E-state index contributed by atoms with van der Waals surface area (Å²) in [5, 5.41) is 20.2. The largest absolute Gasteiger partial charge is 0.477 e. The number of aromatic carboxylic acids is 1. The Kier molecular flexibility index (Phi) is 4.53. The molecule has 0 unspecified atom stereocenters. The Labute approximate surface area is 130 Å². The van der Waals surface area contributed by atoms with Gasteiger partial charge in [-0.15, -0.1) is 0 Å². The SMILES string of the molecule is O=C(O)c1cc(Sc2ncccc2Br)c(F)cc1[N+](=O)[O-]. The van der Waals surface area contributed by atoms with E-state index in [1.807, 2.05) is 0 Å². The number of aromatic nitrogens is 1. The average Bonchev–Trinajstić information content (AvgIpc) is 2.42. The third-order valence-corrected chi connectivity index (χ3v) is 4.36. The van der Waals surface area contributed by atoms with Gasteiger partial charge in [0.1, 0.15) is 16.4 Å². The van der Waals surface area contributed by atoms with Crippen LogP contribution in [0.25, 0.3) is 0 Å². The number of halogens is 2. The molecule has 0 aliphatic rings. The van der Waals surface area contributed by atoms with Gasteiger partial charge in [-0.05, 0) is 34.1 Å². The molecule has 0 aliphatic heterocycles. The Morgan fingerprint density at radius 3 is 2.76 bits per heavy atom. The molecule has 1 heterocycles. The lowest BCUT2D eigenvalue weighted by Gasteiger charge is -2.06. The van der Waals surface area contributed by atoms with Crippen LogP contribution in [-0.4, -0.2) is 21.0 Å². The van der Waals surface area contributed by atoms with Crippen molar-refractivity contribution in [3.8, 4) is 0 Å². The molecule has 108 valence electrons. The monoisotopic (exact) mass is 372 g/mol. The summed E-state index contributed by atoms with van der Waals surface area (Å²) in [4.78, 5) is 24.8. The maximum absolute atomic E-state index is 13.9. The second-order valence-corrected chi connectivity index (χ2v) is 5.64. The lowest BCUT2D eigenvalue weighted by Crippen LogP contribution is -2.04. The first-order valence-corrected chi connectivity index (χ1v) is 7.00. The molecule has 0 fully saturated rings. The maximum atomic E-state index is 13.9. The number of pyridine rings is 1. The molecule has 2 rings (SSSR count). The molecule has 0 amide bonds. The maximum Gasteiger partial charge on any atom is 0.342 e. The van der Waals surface area contributed by atoms with Crippen LogP contribution in [0.4, 0.5) is 10.1 Å². The van der Waals surface area contributed by atoms with E-state index in [1.54, 1.807) is 12.1 Å². The van der Waals surface area contributed by atoms with Crippen LogP contribution in [0.2, 0.25) is 0 Å². The quantitative estimate of drug-likeness (QED) is 0.648. The van der Waals surface area contributed by atoms with Crippen LogP contribution in [0.1, 0.15) is 10.4 Å². The number of carboxylic acid groups (broad SMARTS) is 1. The number of hydrogen-bond donors (Lipinski definition) is 1. The molecule has 0 atom stereocenters. The van der Waals surface area contributed by atoms with Crippen molar-refractivity contribution in [1.29, 1.82) is 0 Å². The summed E-state index contributed by atoms with van der Waals surface area (Å²) in [6, 6.07) is 4.89.